The van der Waals surface area contributed by atoms with Crippen molar-refractivity contribution in [1.29, 1.82) is 0 Å². The fourth-order valence-electron chi connectivity index (χ4n) is 4.13. The first-order valence-corrected chi connectivity index (χ1v) is 10.7. The summed E-state index contributed by atoms with van der Waals surface area (Å²) in [6.45, 7) is 4.50. The van der Waals surface area contributed by atoms with Crippen molar-refractivity contribution in [3.63, 3.8) is 0 Å². The molecule has 0 aromatic heterocycles. The second-order valence-electron chi connectivity index (χ2n) is 8.61. The smallest absolute Gasteiger partial charge is 0.318 e. The van der Waals surface area contributed by atoms with Gasteiger partial charge in [0, 0.05) is 0 Å². The lowest BCUT2D eigenvalue weighted by molar-refractivity contribution is -0.720. The molecule has 0 atom stereocenters. The quantitative estimate of drug-likeness (QED) is 0.480. The highest BCUT2D eigenvalue weighted by Gasteiger charge is 2.49. The first-order chi connectivity index (χ1) is 14.5. The summed E-state index contributed by atoms with van der Waals surface area (Å²) in [5.74, 6) is 0.359. The number of amides is 2. The monoisotopic (exact) mass is 410 g/mol. The largest absolute Gasteiger partial charge is 0.390 e. The molecule has 0 aliphatic carbocycles. The van der Waals surface area contributed by atoms with Gasteiger partial charge in [-0.1, -0.05) is 48.5 Å². The number of quaternary nitrogens is 2. The van der Waals surface area contributed by atoms with Crippen LogP contribution in [0.2, 0.25) is 0 Å². The van der Waals surface area contributed by atoms with E-state index in [0.717, 1.165) is 48.4 Å². The average Bonchev–Trinajstić information content (AvgIpc) is 3.67. The number of carbonyl (C=O) groups is 2. The lowest BCUT2D eigenvalue weighted by atomic mass is 10.0. The van der Waals surface area contributed by atoms with E-state index in [9.17, 15) is 9.59 Å². The third-order valence-corrected chi connectivity index (χ3v) is 6.59. The van der Waals surface area contributed by atoms with Crippen LogP contribution in [-0.2, 0) is 22.4 Å². The van der Waals surface area contributed by atoms with E-state index in [0.29, 0.717) is 34.9 Å². The molecule has 6 heteroatoms. The van der Waals surface area contributed by atoms with E-state index in [4.69, 9.17) is 10.2 Å². The van der Waals surface area contributed by atoms with Gasteiger partial charge in [0.2, 0.25) is 0 Å². The SMILES string of the molecule is O=C(Cc1ccc(-c2ccc(CC(=O)[N+]3(CCO)CC3)cc2)cc1)[N+]1(CCO)CC1. The zero-order valence-electron chi connectivity index (χ0n) is 17.3. The third kappa shape index (κ3) is 4.37. The molecule has 2 amide bonds. The number of aliphatic hydroxyl groups is 2. The molecule has 0 unspecified atom stereocenters. The number of hydrogen-bond acceptors (Lipinski definition) is 4. The maximum absolute atomic E-state index is 12.5. The van der Waals surface area contributed by atoms with Crippen molar-refractivity contribution in [3.8, 4) is 11.1 Å². The predicted octanol–water partition coefficient (Wildman–Crippen LogP) is 1.14. The number of carbonyl (C=O) groups excluding carboxylic acids is 2. The summed E-state index contributed by atoms with van der Waals surface area (Å²) in [5, 5.41) is 18.3. The molecule has 158 valence electrons. The molecule has 6 nitrogen and oxygen atoms in total. The molecule has 2 aliphatic rings. The molecule has 0 spiro atoms. The number of hydrogen-bond donors (Lipinski definition) is 2. The zero-order chi connectivity index (χ0) is 21.2. The standard InChI is InChI=1S/C24H30N2O4/c27-15-13-25(9-10-25)23(29)17-19-1-5-21(6-2-19)22-7-3-20(4-8-22)18-24(30)26(11-12-26)14-16-28/h1-8,27-28H,9-18H2/q+2. The van der Waals surface area contributed by atoms with Gasteiger partial charge in [0.1, 0.15) is 39.3 Å². The summed E-state index contributed by atoms with van der Waals surface area (Å²) in [4.78, 5) is 25.0. The van der Waals surface area contributed by atoms with Crippen molar-refractivity contribution in [1.82, 2.24) is 0 Å². The van der Waals surface area contributed by atoms with Crippen molar-refractivity contribution >= 4 is 11.8 Å². The number of rotatable bonds is 9. The molecule has 2 fully saturated rings. The van der Waals surface area contributed by atoms with Gasteiger partial charge >= 0.3 is 11.8 Å². The van der Waals surface area contributed by atoms with Crippen molar-refractivity contribution in [2.45, 2.75) is 12.8 Å². The molecule has 2 saturated heterocycles. The minimum atomic E-state index is 0.0493. The van der Waals surface area contributed by atoms with Crippen molar-refractivity contribution < 1.29 is 28.8 Å². The molecule has 2 aliphatic heterocycles. The Balaban J connectivity index is 1.36. The Morgan fingerprint density at radius 2 is 0.967 bits per heavy atom. The summed E-state index contributed by atoms with van der Waals surface area (Å²) in [7, 11) is 0. The van der Waals surface area contributed by atoms with Crippen LogP contribution >= 0.6 is 0 Å². The molecule has 2 aromatic carbocycles. The van der Waals surface area contributed by atoms with Gasteiger partial charge in [0.05, 0.1) is 26.1 Å². The highest BCUT2D eigenvalue weighted by molar-refractivity contribution is 5.75. The fraction of sp³-hybridized carbons (Fsp3) is 0.417. The van der Waals surface area contributed by atoms with Crippen LogP contribution in [0.5, 0.6) is 0 Å². The topological polar surface area (TPSA) is 74.6 Å². The summed E-state index contributed by atoms with van der Waals surface area (Å²) in [6, 6.07) is 16.1. The molecule has 0 saturated carbocycles. The minimum Gasteiger partial charge on any atom is -0.390 e. The maximum atomic E-state index is 12.5. The molecule has 2 aromatic rings. The second-order valence-corrected chi connectivity index (χ2v) is 8.61. The van der Waals surface area contributed by atoms with Crippen molar-refractivity contribution in [2.75, 3.05) is 52.5 Å². The summed E-state index contributed by atoms with van der Waals surface area (Å²) < 4.78 is 0.827. The first kappa shape index (κ1) is 20.9. The molecule has 2 N–H and O–H groups in total. The van der Waals surface area contributed by atoms with E-state index in [1.807, 2.05) is 48.5 Å². The predicted molar refractivity (Wildman–Crippen MR) is 113 cm³/mol. The van der Waals surface area contributed by atoms with Gasteiger partial charge in [-0.3, -0.25) is 0 Å². The molecule has 2 heterocycles. The Kier molecular flexibility index (Phi) is 5.84. The van der Waals surface area contributed by atoms with E-state index in [1.54, 1.807) is 0 Å². The normalized spacial score (nSPS) is 18.1. The average molecular weight is 411 g/mol. The van der Waals surface area contributed by atoms with Gasteiger partial charge in [-0.2, -0.15) is 0 Å². The van der Waals surface area contributed by atoms with Crippen LogP contribution in [0, 0.1) is 0 Å². The minimum absolute atomic E-state index is 0.0493. The van der Waals surface area contributed by atoms with Crippen LogP contribution in [0.1, 0.15) is 11.1 Å². The van der Waals surface area contributed by atoms with E-state index >= 15 is 0 Å². The lowest BCUT2D eigenvalue weighted by Gasteiger charge is -2.14. The van der Waals surface area contributed by atoms with Crippen LogP contribution in [0.3, 0.4) is 0 Å². The van der Waals surface area contributed by atoms with Crippen LogP contribution in [0.25, 0.3) is 11.1 Å². The molecule has 0 bridgehead atoms. The number of aliphatic hydroxyl groups excluding tert-OH is 2. The Morgan fingerprint density at radius 1 is 0.633 bits per heavy atom. The van der Waals surface area contributed by atoms with E-state index in [1.165, 1.54) is 0 Å². The van der Waals surface area contributed by atoms with Crippen LogP contribution in [0.15, 0.2) is 48.5 Å². The summed E-state index contributed by atoms with van der Waals surface area (Å²) in [6.07, 6.45) is 0.796. The molecule has 30 heavy (non-hydrogen) atoms. The van der Waals surface area contributed by atoms with Gasteiger partial charge in [-0.25, -0.2) is 18.6 Å². The lowest BCUT2D eigenvalue weighted by Crippen LogP contribution is -2.37. The van der Waals surface area contributed by atoms with Gasteiger partial charge in [0.25, 0.3) is 0 Å². The third-order valence-electron chi connectivity index (χ3n) is 6.59. The zero-order valence-corrected chi connectivity index (χ0v) is 17.3. The molecule has 4 rings (SSSR count). The number of nitrogens with zero attached hydrogens (tertiary/aromatic N) is 2. The number of benzene rings is 2. The Bertz CT molecular complexity index is 836. The fourth-order valence-corrected chi connectivity index (χ4v) is 4.13. The highest BCUT2D eigenvalue weighted by atomic mass is 16.3. The van der Waals surface area contributed by atoms with Crippen LogP contribution < -0.4 is 0 Å². The van der Waals surface area contributed by atoms with E-state index in [-0.39, 0.29) is 25.0 Å². The maximum Gasteiger partial charge on any atom is 0.318 e. The second kappa shape index (κ2) is 8.40. The first-order valence-electron chi connectivity index (χ1n) is 10.7. The highest BCUT2D eigenvalue weighted by Crippen LogP contribution is 2.26. The van der Waals surface area contributed by atoms with Crippen LogP contribution in [0.4, 0.5) is 0 Å². The van der Waals surface area contributed by atoms with E-state index in [2.05, 4.69) is 0 Å². The van der Waals surface area contributed by atoms with Crippen molar-refractivity contribution in [2.24, 2.45) is 0 Å². The molecular weight excluding hydrogens is 380 g/mol. The van der Waals surface area contributed by atoms with Gasteiger partial charge in [0.15, 0.2) is 0 Å². The van der Waals surface area contributed by atoms with Gasteiger partial charge in [-0.15, -0.1) is 0 Å². The van der Waals surface area contributed by atoms with Gasteiger partial charge < -0.3 is 10.2 Å². The van der Waals surface area contributed by atoms with Crippen LogP contribution in [-0.4, -0.2) is 83.5 Å². The Labute approximate surface area is 177 Å². The van der Waals surface area contributed by atoms with Gasteiger partial charge in [-0.05, 0) is 22.3 Å². The summed E-state index contributed by atoms with van der Waals surface area (Å²) >= 11 is 0. The Hall–Kier alpha value is -2.38. The molecular formula is C24H30N2O4+2. The summed E-state index contributed by atoms with van der Waals surface area (Å²) in [5.41, 5.74) is 4.13. The van der Waals surface area contributed by atoms with Crippen molar-refractivity contribution in [3.05, 3.63) is 59.7 Å². The Morgan fingerprint density at radius 3 is 1.23 bits per heavy atom. The van der Waals surface area contributed by atoms with E-state index < -0.39 is 0 Å². The molecule has 0 radical (unpaired) electrons.